The quantitative estimate of drug-likeness (QED) is 0.638. The molecule has 1 aliphatic carbocycles. The van der Waals surface area contributed by atoms with Crippen LogP contribution >= 0.6 is 0 Å². The first-order valence-corrected chi connectivity index (χ1v) is 6.83. The number of nitrogens with two attached hydrogens (primary N) is 1. The first-order valence-electron chi connectivity index (χ1n) is 6.83. The smallest absolute Gasteiger partial charge is 0.125 e. The van der Waals surface area contributed by atoms with Crippen molar-refractivity contribution in [1.82, 2.24) is 4.90 Å². The molecule has 0 unspecified atom stereocenters. The van der Waals surface area contributed by atoms with Gasteiger partial charge in [-0.15, -0.1) is 0 Å². The van der Waals surface area contributed by atoms with Gasteiger partial charge in [0.1, 0.15) is 5.84 Å². The molecule has 2 rings (SSSR count). The van der Waals surface area contributed by atoms with Gasteiger partial charge in [0.25, 0.3) is 0 Å². The minimum atomic E-state index is 0.649. The average Bonchev–Trinajstić information content (AvgIpc) is 2.93. The van der Waals surface area contributed by atoms with E-state index in [0.717, 1.165) is 24.7 Å². The Morgan fingerprint density at radius 1 is 1.28 bits per heavy atom. The predicted molar refractivity (Wildman–Crippen MR) is 76.9 cm³/mol. The highest BCUT2D eigenvalue weighted by Gasteiger charge is 2.18. The van der Waals surface area contributed by atoms with E-state index in [0.29, 0.717) is 5.84 Å². The third kappa shape index (κ3) is 3.57. The molecular weight excluding hydrogens is 222 g/mol. The van der Waals surface area contributed by atoms with Crippen molar-refractivity contribution in [3.63, 3.8) is 0 Å². The zero-order valence-electron chi connectivity index (χ0n) is 11.2. The molecule has 1 aromatic carbocycles. The third-order valence-electron chi connectivity index (χ3n) is 3.75. The lowest BCUT2D eigenvalue weighted by molar-refractivity contribution is 0.252. The SMILES string of the molecule is CN(CCN=C(N)c1ccccc1)C1CCCC1. The van der Waals surface area contributed by atoms with Gasteiger partial charge in [0.15, 0.2) is 0 Å². The van der Waals surface area contributed by atoms with Crippen molar-refractivity contribution in [2.75, 3.05) is 20.1 Å². The molecular formula is C15H23N3. The maximum atomic E-state index is 5.97. The molecule has 3 nitrogen and oxygen atoms in total. The highest BCUT2D eigenvalue weighted by molar-refractivity contribution is 5.97. The summed E-state index contributed by atoms with van der Waals surface area (Å²) in [6, 6.07) is 10.7. The summed E-state index contributed by atoms with van der Waals surface area (Å²) in [6.07, 6.45) is 5.44. The number of rotatable bonds is 5. The highest BCUT2D eigenvalue weighted by atomic mass is 15.1. The van der Waals surface area contributed by atoms with Gasteiger partial charge >= 0.3 is 0 Å². The lowest BCUT2D eigenvalue weighted by Gasteiger charge is -2.22. The van der Waals surface area contributed by atoms with E-state index in [1.54, 1.807) is 0 Å². The summed E-state index contributed by atoms with van der Waals surface area (Å²) >= 11 is 0. The van der Waals surface area contributed by atoms with Crippen LogP contribution in [0, 0.1) is 0 Å². The minimum Gasteiger partial charge on any atom is -0.384 e. The number of benzene rings is 1. The molecule has 2 N–H and O–H groups in total. The maximum absolute atomic E-state index is 5.97. The van der Waals surface area contributed by atoms with Crippen LogP contribution in [0.5, 0.6) is 0 Å². The average molecular weight is 245 g/mol. The lowest BCUT2D eigenvalue weighted by atomic mass is 10.2. The monoisotopic (exact) mass is 245 g/mol. The van der Waals surface area contributed by atoms with Crippen molar-refractivity contribution in [2.45, 2.75) is 31.7 Å². The van der Waals surface area contributed by atoms with E-state index in [2.05, 4.69) is 16.9 Å². The Kier molecular flexibility index (Phi) is 4.76. The van der Waals surface area contributed by atoms with E-state index in [-0.39, 0.29) is 0 Å². The third-order valence-corrected chi connectivity index (χ3v) is 3.75. The molecule has 0 spiro atoms. The van der Waals surface area contributed by atoms with Gasteiger partial charge < -0.3 is 10.6 Å². The summed E-state index contributed by atoms with van der Waals surface area (Å²) in [5, 5.41) is 0. The summed E-state index contributed by atoms with van der Waals surface area (Å²) in [6.45, 7) is 1.78. The Balaban J connectivity index is 1.80. The van der Waals surface area contributed by atoms with Crippen molar-refractivity contribution >= 4 is 5.84 Å². The highest BCUT2D eigenvalue weighted by Crippen LogP contribution is 2.21. The molecule has 0 atom stereocenters. The van der Waals surface area contributed by atoms with Gasteiger partial charge in [0.2, 0.25) is 0 Å². The second kappa shape index (κ2) is 6.55. The second-order valence-corrected chi connectivity index (χ2v) is 5.05. The fourth-order valence-electron chi connectivity index (χ4n) is 2.56. The van der Waals surface area contributed by atoms with E-state index >= 15 is 0 Å². The van der Waals surface area contributed by atoms with Crippen molar-refractivity contribution in [3.05, 3.63) is 35.9 Å². The van der Waals surface area contributed by atoms with E-state index in [4.69, 9.17) is 5.73 Å². The number of hydrogen-bond acceptors (Lipinski definition) is 2. The Hall–Kier alpha value is -1.35. The number of aliphatic imine (C=N–C) groups is 1. The lowest BCUT2D eigenvalue weighted by Crippen LogP contribution is -2.31. The standard InChI is InChI=1S/C15H23N3/c1-18(14-9-5-6-10-14)12-11-17-15(16)13-7-3-2-4-8-13/h2-4,7-8,14H,5-6,9-12H2,1H3,(H2,16,17). The first kappa shape index (κ1) is 13.1. The van der Waals surface area contributed by atoms with E-state index in [1.807, 2.05) is 30.3 Å². The molecule has 1 aliphatic rings. The Bertz CT molecular complexity index is 380. The van der Waals surface area contributed by atoms with Gasteiger partial charge in [-0.1, -0.05) is 43.2 Å². The maximum Gasteiger partial charge on any atom is 0.125 e. The zero-order chi connectivity index (χ0) is 12.8. The van der Waals surface area contributed by atoms with Gasteiger partial charge in [-0.25, -0.2) is 0 Å². The van der Waals surface area contributed by atoms with E-state index in [9.17, 15) is 0 Å². The van der Waals surface area contributed by atoms with Crippen LogP contribution in [-0.4, -0.2) is 36.9 Å². The Morgan fingerprint density at radius 2 is 1.94 bits per heavy atom. The van der Waals surface area contributed by atoms with Crippen LogP contribution in [-0.2, 0) is 0 Å². The van der Waals surface area contributed by atoms with Crippen LogP contribution in [0.15, 0.2) is 35.3 Å². The van der Waals surface area contributed by atoms with Crippen molar-refractivity contribution in [3.8, 4) is 0 Å². The van der Waals surface area contributed by atoms with Crippen LogP contribution in [0.25, 0.3) is 0 Å². The molecule has 0 heterocycles. The molecule has 0 bridgehead atoms. The minimum absolute atomic E-state index is 0.649. The molecule has 0 aliphatic heterocycles. The number of amidine groups is 1. The molecule has 1 fully saturated rings. The number of hydrogen-bond donors (Lipinski definition) is 1. The molecule has 1 aromatic rings. The fraction of sp³-hybridized carbons (Fsp3) is 0.533. The van der Waals surface area contributed by atoms with Gasteiger partial charge in [0, 0.05) is 18.2 Å². The second-order valence-electron chi connectivity index (χ2n) is 5.05. The molecule has 0 amide bonds. The van der Waals surface area contributed by atoms with Crippen LogP contribution in [0.3, 0.4) is 0 Å². The van der Waals surface area contributed by atoms with Crippen LogP contribution in [0.2, 0.25) is 0 Å². The van der Waals surface area contributed by atoms with Crippen molar-refractivity contribution in [1.29, 1.82) is 0 Å². The molecule has 98 valence electrons. The van der Waals surface area contributed by atoms with Crippen molar-refractivity contribution in [2.24, 2.45) is 10.7 Å². The fourth-order valence-corrected chi connectivity index (χ4v) is 2.56. The van der Waals surface area contributed by atoms with Gasteiger partial charge in [0.05, 0.1) is 6.54 Å². The Morgan fingerprint density at radius 3 is 2.61 bits per heavy atom. The van der Waals surface area contributed by atoms with Crippen LogP contribution < -0.4 is 5.73 Å². The van der Waals surface area contributed by atoms with E-state index < -0.39 is 0 Å². The summed E-state index contributed by atoms with van der Waals surface area (Å²) < 4.78 is 0. The zero-order valence-corrected chi connectivity index (χ0v) is 11.2. The number of likely N-dealkylation sites (N-methyl/N-ethyl adjacent to an activating group) is 1. The Labute approximate surface area is 110 Å². The normalized spacial score (nSPS) is 17.6. The largest absolute Gasteiger partial charge is 0.384 e. The van der Waals surface area contributed by atoms with Gasteiger partial charge in [-0.3, -0.25) is 4.99 Å². The van der Waals surface area contributed by atoms with E-state index in [1.165, 1.54) is 25.7 Å². The van der Waals surface area contributed by atoms with Crippen LogP contribution in [0.1, 0.15) is 31.2 Å². The molecule has 0 aromatic heterocycles. The molecule has 0 saturated heterocycles. The summed E-state index contributed by atoms with van der Waals surface area (Å²) in [4.78, 5) is 6.88. The molecule has 0 radical (unpaired) electrons. The molecule has 3 heteroatoms. The topological polar surface area (TPSA) is 41.6 Å². The summed E-state index contributed by atoms with van der Waals surface area (Å²) in [5.74, 6) is 0.649. The summed E-state index contributed by atoms with van der Waals surface area (Å²) in [7, 11) is 2.20. The van der Waals surface area contributed by atoms with Gasteiger partial charge in [-0.2, -0.15) is 0 Å². The van der Waals surface area contributed by atoms with Gasteiger partial charge in [-0.05, 0) is 19.9 Å². The molecule has 18 heavy (non-hydrogen) atoms. The van der Waals surface area contributed by atoms with Crippen molar-refractivity contribution < 1.29 is 0 Å². The van der Waals surface area contributed by atoms with Crippen LogP contribution in [0.4, 0.5) is 0 Å². The molecule has 1 saturated carbocycles. The summed E-state index contributed by atoms with van der Waals surface area (Å²) in [5.41, 5.74) is 6.98. The predicted octanol–water partition coefficient (Wildman–Crippen LogP) is 2.27. The first-order chi connectivity index (χ1) is 8.77. The number of nitrogens with zero attached hydrogens (tertiary/aromatic N) is 2.